The molecule has 0 aliphatic carbocycles. The van der Waals surface area contributed by atoms with Gasteiger partial charge in [-0.05, 0) is 47.2 Å². The minimum atomic E-state index is -0.909. The van der Waals surface area contributed by atoms with E-state index in [-0.39, 0.29) is 35.2 Å². The van der Waals surface area contributed by atoms with Gasteiger partial charge in [-0.15, -0.1) is 0 Å². The summed E-state index contributed by atoms with van der Waals surface area (Å²) < 4.78 is 27.2. The Morgan fingerprint density at radius 2 is 1.47 bits per heavy atom. The Bertz CT molecular complexity index is 817. The molecule has 6 heteroatoms. The fourth-order valence-electron chi connectivity index (χ4n) is 4.82. The highest BCUT2D eigenvalue weighted by molar-refractivity contribution is 5.66. The molecule has 2 aromatic rings. The molecule has 1 aliphatic rings. The average Bonchev–Trinajstić information content (AvgIpc) is 2.69. The van der Waals surface area contributed by atoms with Gasteiger partial charge in [0.25, 0.3) is 0 Å². The molecule has 2 aromatic carbocycles. The summed E-state index contributed by atoms with van der Waals surface area (Å²) in [5.41, 5.74) is 1.53. The molecule has 0 aromatic heterocycles. The summed E-state index contributed by atoms with van der Waals surface area (Å²) in [5.74, 6) is -0.626. The van der Waals surface area contributed by atoms with Crippen molar-refractivity contribution in [2.24, 2.45) is 5.41 Å². The van der Waals surface area contributed by atoms with Gasteiger partial charge in [0.15, 0.2) is 0 Å². The third-order valence-corrected chi connectivity index (χ3v) is 5.98. The van der Waals surface area contributed by atoms with Crippen molar-refractivity contribution >= 4 is 6.09 Å². The van der Waals surface area contributed by atoms with Gasteiger partial charge < -0.3 is 10.0 Å². The number of benzene rings is 2. The van der Waals surface area contributed by atoms with Crippen LogP contribution in [0.1, 0.15) is 51.3 Å². The predicted molar refractivity (Wildman–Crippen MR) is 113 cm³/mol. The van der Waals surface area contributed by atoms with Gasteiger partial charge in [0.1, 0.15) is 11.6 Å². The number of carbonyl (C=O) groups is 1. The van der Waals surface area contributed by atoms with Crippen molar-refractivity contribution in [2.75, 3.05) is 13.1 Å². The summed E-state index contributed by atoms with van der Waals surface area (Å²) in [4.78, 5) is 15.8. The van der Waals surface area contributed by atoms with E-state index in [1.54, 1.807) is 29.2 Å². The summed E-state index contributed by atoms with van der Waals surface area (Å²) in [5, 5.41) is 9.83. The van der Waals surface area contributed by atoms with Gasteiger partial charge in [0, 0.05) is 19.1 Å². The standard InChI is InChI=1S/C24H30F2N2O2/c1-5-20-22(24(2,3)4)28(23(29)30)15-14-27(20)21(16-6-10-18(25)11-7-16)17-8-12-19(26)13-9-17/h6-13,20-22H,5,14-15H2,1-4H3,(H,29,30). The van der Waals surface area contributed by atoms with Crippen LogP contribution < -0.4 is 0 Å². The molecule has 2 atom stereocenters. The molecule has 1 amide bonds. The van der Waals surface area contributed by atoms with E-state index in [1.165, 1.54) is 24.3 Å². The van der Waals surface area contributed by atoms with Gasteiger partial charge in [0.05, 0.1) is 12.1 Å². The zero-order valence-electron chi connectivity index (χ0n) is 18.0. The third kappa shape index (κ3) is 4.48. The molecule has 0 spiro atoms. The van der Waals surface area contributed by atoms with Crippen molar-refractivity contribution in [2.45, 2.75) is 52.2 Å². The molecule has 2 unspecified atom stereocenters. The molecule has 1 saturated heterocycles. The number of halogens is 2. The highest BCUT2D eigenvalue weighted by atomic mass is 19.1. The van der Waals surface area contributed by atoms with Crippen LogP contribution in [0.25, 0.3) is 0 Å². The number of amides is 1. The molecule has 0 radical (unpaired) electrons. The molecule has 1 heterocycles. The smallest absolute Gasteiger partial charge is 0.407 e. The van der Waals surface area contributed by atoms with E-state index < -0.39 is 6.09 Å². The van der Waals surface area contributed by atoms with Gasteiger partial charge in [-0.2, -0.15) is 0 Å². The fraction of sp³-hybridized carbons (Fsp3) is 0.458. The van der Waals surface area contributed by atoms with Crippen LogP contribution in [0.5, 0.6) is 0 Å². The van der Waals surface area contributed by atoms with E-state index in [9.17, 15) is 18.7 Å². The van der Waals surface area contributed by atoms with Crippen LogP contribution in [0.2, 0.25) is 0 Å². The molecule has 0 bridgehead atoms. The number of hydrogen-bond acceptors (Lipinski definition) is 2. The zero-order valence-corrected chi connectivity index (χ0v) is 18.0. The van der Waals surface area contributed by atoms with Crippen molar-refractivity contribution in [1.82, 2.24) is 9.80 Å². The average molecular weight is 417 g/mol. The van der Waals surface area contributed by atoms with Crippen LogP contribution in [-0.2, 0) is 0 Å². The molecule has 1 fully saturated rings. The van der Waals surface area contributed by atoms with Crippen LogP contribution >= 0.6 is 0 Å². The van der Waals surface area contributed by atoms with Crippen LogP contribution in [0.3, 0.4) is 0 Å². The van der Waals surface area contributed by atoms with E-state index in [0.717, 1.165) is 17.5 Å². The highest BCUT2D eigenvalue weighted by Crippen LogP contribution is 2.40. The first-order chi connectivity index (χ1) is 14.1. The minimum Gasteiger partial charge on any atom is -0.465 e. The van der Waals surface area contributed by atoms with Crippen LogP contribution in [-0.4, -0.2) is 46.2 Å². The summed E-state index contributed by atoms with van der Waals surface area (Å²) in [7, 11) is 0. The first kappa shape index (κ1) is 22.2. The van der Waals surface area contributed by atoms with Crippen molar-refractivity contribution in [3.05, 3.63) is 71.3 Å². The summed E-state index contributed by atoms with van der Waals surface area (Å²) in [6.07, 6.45) is -0.155. The van der Waals surface area contributed by atoms with Crippen molar-refractivity contribution < 1.29 is 18.7 Å². The number of carboxylic acid groups (broad SMARTS) is 1. The highest BCUT2D eigenvalue weighted by Gasteiger charge is 2.46. The summed E-state index contributed by atoms with van der Waals surface area (Å²) in [6.45, 7) is 9.16. The Labute approximate surface area is 177 Å². The van der Waals surface area contributed by atoms with Gasteiger partial charge in [-0.1, -0.05) is 52.0 Å². The molecule has 162 valence electrons. The maximum absolute atomic E-state index is 13.6. The lowest BCUT2D eigenvalue weighted by Gasteiger charge is -2.53. The first-order valence-electron chi connectivity index (χ1n) is 10.4. The normalized spacial score (nSPS) is 20.6. The van der Waals surface area contributed by atoms with Crippen LogP contribution in [0.15, 0.2) is 48.5 Å². The molecule has 3 rings (SSSR count). The topological polar surface area (TPSA) is 43.8 Å². The Hall–Kier alpha value is -2.47. The van der Waals surface area contributed by atoms with E-state index in [1.807, 2.05) is 0 Å². The minimum absolute atomic E-state index is 0.0463. The monoisotopic (exact) mass is 416 g/mol. The second-order valence-corrected chi connectivity index (χ2v) is 9.01. The van der Waals surface area contributed by atoms with Gasteiger partial charge in [0.2, 0.25) is 0 Å². The number of rotatable bonds is 4. The zero-order chi connectivity index (χ0) is 22.1. The quantitative estimate of drug-likeness (QED) is 0.711. The Morgan fingerprint density at radius 3 is 1.83 bits per heavy atom. The van der Waals surface area contributed by atoms with Gasteiger partial charge in [-0.3, -0.25) is 4.90 Å². The molecular weight excluding hydrogens is 386 g/mol. The maximum Gasteiger partial charge on any atom is 0.407 e. The SMILES string of the molecule is CCC1C(C(C)(C)C)N(C(=O)O)CCN1C(c1ccc(F)cc1)c1ccc(F)cc1. The third-order valence-electron chi connectivity index (χ3n) is 5.98. The Kier molecular flexibility index (Phi) is 6.46. The lowest BCUT2D eigenvalue weighted by Crippen LogP contribution is -2.65. The molecule has 4 nitrogen and oxygen atoms in total. The maximum atomic E-state index is 13.6. The van der Waals surface area contributed by atoms with Gasteiger partial charge in [-0.25, -0.2) is 13.6 Å². The molecule has 1 aliphatic heterocycles. The molecule has 0 saturated carbocycles. The lowest BCUT2D eigenvalue weighted by atomic mass is 9.77. The molecular formula is C24H30F2N2O2. The Balaban J connectivity index is 2.10. The summed E-state index contributed by atoms with van der Waals surface area (Å²) in [6, 6.07) is 12.3. The summed E-state index contributed by atoms with van der Waals surface area (Å²) >= 11 is 0. The molecule has 30 heavy (non-hydrogen) atoms. The number of nitrogens with zero attached hydrogens (tertiary/aromatic N) is 2. The van der Waals surface area contributed by atoms with E-state index in [4.69, 9.17) is 0 Å². The number of piperazine rings is 1. The van der Waals surface area contributed by atoms with Crippen LogP contribution in [0, 0.1) is 17.0 Å². The van der Waals surface area contributed by atoms with E-state index in [0.29, 0.717) is 13.1 Å². The fourth-order valence-corrected chi connectivity index (χ4v) is 4.82. The largest absolute Gasteiger partial charge is 0.465 e. The predicted octanol–water partition coefficient (Wildman–Crippen LogP) is 5.54. The van der Waals surface area contributed by atoms with E-state index >= 15 is 0 Å². The van der Waals surface area contributed by atoms with Crippen molar-refractivity contribution in [3.63, 3.8) is 0 Å². The second kappa shape index (κ2) is 8.72. The Morgan fingerprint density at radius 1 is 1.00 bits per heavy atom. The van der Waals surface area contributed by atoms with Crippen LogP contribution in [0.4, 0.5) is 13.6 Å². The molecule has 1 N–H and O–H groups in total. The van der Waals surface area contributed by atoms with E-state index in [2.05, 4.69) is 32.6 Å². The van der Waals surface area contributed by atoms with Gasteiger partial charge >= 0.3 is 6.09 Å². The van der Waals surface area contributed by atoms with Crippen molar-refractivity contribution in [3.8, 4) is 0 Å². The first-order valence-corrected chi connectivity index (χ1v) is 10.4. The van der Waals surface area contributed by atoms with Crippen molar-refractivity contribution in [1.29, 1.82) is 0 Å². The lowest BCUT2D eigenvalue weighted by molar-refractivity contribution is -0.0351. The second-order valence-electron chi connectivity index (χ2n) is 9.01. The number of hydrogen-bond donors (Lipinski definition) is 1.